The lowest BCUT2D eigenvalue weighted by Gasteiger charge is -2.43. The summed E-state index contributed by atoms with van der Waals surface area (Å²) in [5.74, 6) is 0.625. The zero-order chi connectivity index (χ0) is 21.7. The maximum absolute atomic E-state index is 13.1. The highest BCUT2D eigenvalue weighted by Gasteiger charge is 2.41. The van der Waals surface area contributed by atoms with Crippen molar-refractivity contribution in [3.63, 3.8) is 0 Å². The summed E-state index contributed by atoms with van der Waals surface area (Å²) in [6.45, 7) is 3.73. The highest BCUT2D eigenvalue weighted by molar-refractivity contribution is 6.30. The highest BCUT2D eigenvalue weighted by atomic mass is 35.5. The number of rotatable bonds is 6. The maximum Gasteiger partial charge on any atom is 0.271 e. The van der Waals surface area contributed by atoms with Crippen molar-refractivity contribution in [2.45, 2.75) is 19.3 Å². The van der Waals surface area contributed by atoms with Crippen LogP contribution in [0.5, 0.6) is 5.75 Å². The Kier molecular flexibility index (Phi) is 6.77. The molecule has 1 aromatic heterocycles. The molecule has 1 N–H and O–H groups in total. The SMILES string of the molecule is O=C(C[C@]1(COc2cccc(Cl)c2)CCCN(C(=O)c2ccn[nH]2)C1)N1CCOCC1. The second-order valence-electron chi connectivity index (χ2n) is 8.22. The Labute approximate surface area is 186 Å². The first-order valence-corrected chi connectivity index (χ1v) is 11.0. The number of hydrogen-bond acceptors (Lipinski definition) is 5. The average Bonchev–Trinajstić information content (AvgIpc) is 3.33. The van der Waals surface area contributed by atoms with Gasteiger partial charge in [-0.25, -0.2) is 0 Å². The van der Waals surface area contributed by atoms with E-state index >= 15 is 0 Å². The van der Waals surface area contributed by atoms with Gasteiger partial charge in [-0.1, -0.05) is 17.7 Å². The molecular weight excluding hydrogens is 420 g/mol. The minimum Gasteiger partial charge on any atom is -0.493 e. The monoisotopic (exact) mass is 446 g/mol. The third-order valence-electron chi connectivity index (χ3n) is 5.91. The number of nitrogens with one attached hydrogen (secondary N) is 1. The quantitative estimate of drug-likeness (QED) is 0.737. The molecule has 166 valence electrons. The Bertz CT molecular complexity index is 901. The summed E-state index contributed by atoms with van der Waals surface area (Å²) in [6.07, 6.45) is 3.49. The zero-order valence-corrected chi connectivity index (χ0v) is 18.1. The topological polar surface area (TPSA) is 87.8 Å². The molecule has 2 aliphatic heterocycles. The van der Waals surface area contributed by atoms with Crippen LogP contribution in [0, 0.1) is 5.41 Å². The van der Waals surface area contributed by atoms with Crippen LogP contribution in [0.4, 0.5) is 0 Å². The van der Waals surface area contributed by atoms with Gasteiger partial charge in [0.05, 0.1) is 19.8 Å². The van der Waals surface area contributed by atoms with Crippen LogP contribution in [0.1, 0.15) is 29.8 Å². The molecule has 9 heteroatoms. The van der Waals surface area contributed by atoms with Crippen molar-refractivity contribution < 1.29 is 19.1 Å². The molecule has 0 radical (unpaired) electrons. The number of carbonyl (C=O) groups is 2. The molecule has 3 heterocycles. The largest absolute Gasteiger partial charge is 0.493 e. The van der Waals surface area contributed by atoms with Crippen molar-refractivity contribution in [3.05, 3.63) is 47.2 Å². The zero-order valence-electron chi connectivity index (χ0n) is 17.4. The summed E-state index contributed by atoms with van der Waals surface area (Å²) >= 11 is 6.09. The smallest absolute Gasteiger partial charge is 0.271 e. The van der Waals surface area contributed by atoms with Crippen LogP contribution in [-0.2, 0) is 9.53 Å². The fourth-order valence-electron chi connectivity index (χ4n) is 4.28. The molecule has 4 rings (SSSR count). The Morgan fingerprint density at radius 3 is 2.77 bits per heavy atom. The molecule has 2 amide bonds. The summed E-state index contributed by atoms with van der Waals surface area (Å²) in [7, 11) is 0. The Morgan fingerprint density at radius 1 is 1.19 bits per heavy atom. The first-order chi connectivity index (χ1) is 15.0. The number of H-pyrrole nitrogens is 1. The summed E-state index contributed by atoms with van der Waals surface area (Å²) < 4.78 is 11.5. The summed E-state index contributed by atoms with van der Waals surface area (Å²) in [5, 5.41) is 7.22. The van der Waals surface area contributed by atoms with Crippen molar-refractivity contribution in [3.8, 4) is 5.75 Å². The van der Waals surface area contributed by atoms with Gasteiger partial charge < -0.3 is 19.3 Å². The number of aromatic nitrogens is 2. The summed E-state index contributed by atoms with van der Waals surface area (Å²) in [6, 6.07) is 8.89. The lowest BCUT2D eigenvalue weighted by molar-refractivity contribution is -0.139. The van der Waals surface area contributed by atoms with Gasteiger partial charge in [-0.2, -0.15) is 5.10 Å². The van der Waals surface area contributed by atoms with Crippen LogP contribution in [0.15, 0.2) is 36.5 Å². The van der Waals surface area contributed by atoms with Crippen LogP contribution in [0.3, 0.4) is 0 Å². The number of hydrogen-bond donors (Lipinski definition) is 1. The van der Waals surface area contributed by atoms with Gasteiger partial charge in [-0.05, 0) is 37.1 Å². The van der Waals surface area contributed by atoms with Gasteiger partial charge in [0.1, 0.15) is 11.4 Å². The number of likely N-dealkylation sites (tertiary alicyclic amines) is 1. The number of amides is 2. The summed E-state index contributed by atoms with van der Waals surface area (Å²) in [4.78, 5) is 29.7. The van der Waals surface area contributed by atoms with Gasteiger partial charge in [0.15, 0.2) is 0 Å². The van der Waals surface area contributed by atoms with Crippen LogP contribution >= 0.6 is 11.6 Å². The predicted octanol–water partition coefficient (Wildman–Crippen LogP) is 2.61. The molecule has 0 saturated carbocycles. The van der Waals surface area contributed by atoms with E-state index in [1.807, 2.05) is 17.0 Å². The van der Waals surface area contributed by atoms with E-state index in [0.717, 1.165) is 12.8 Å². The van der Waals surface area contributed by atoms with E-state index in [1.54, 1.807) is 29.3 Å². The van der Waals surface area contributed by atoms with E-state index in [-0.39, 0.29) is 11.8 Å². The second kappa shape index (κ2) is 9.70. The van der Waals surface area contributed by atoms with E-state index in [2.05, 4.69) is 10.2 Å². The number of halogens is 1. The number of aromatic amines is 1. The third kappa shape index (κ3) is 5.37. The normalized spacial score (nSPS) is 21.7. The maximum atomic E-state index is 13.1. The minimum absolute atomic E-state index is 0.0776. The standard InChI is InChI=1S/C22H27ClN4O4/c23-17-3-1-4-18(13-17)31-16-22(14-20(28)26-9-11-30-12-10-26)6-2-8-27(15-22)21(29)19-5-7-24-25-19/h1,3-5,7,13H,2,6,8-12,14-16H2,(H,24,25)/t22-/m1/s1. The number of carbonyl (C=O) groups excluding carboxylic acids is 2. The van der Waals surface area contributed by atoms with Crippen LogP contribution in [0.2, 0.25) is 5.02 Å². The molecule has 2 saturated heterocycles. The van der Waals surface area contributed by atoms with Crippen molar-refractivity contribution in [1.29, 1.82) is 0 Å². The van der Waals surface area contributed by atoms with Crippen molar-refractivity contribution in [1.82, 2.24) is 20.0 Å². The Hall–Kier alpha value is -2.58. The fraction of sp³-hybridized carbons (Fsp3) is 0.500. The molecule has 0 spiro atoms. The van der Waals surface area contributed by atoms with E-state index in [4.69, 9.17) is 21.1 Å². The predicted molar refractivity (Wildman–Crippen MR) is 115 cm³/mol. The van der Waals surface area contributed by atoms with E-state index < -0.39 is 5.41 Å². The van der Waals surface area contributed by atoms with E-state index in [9.17, 15) is 9.59 Å². The Balaban J connectivity index is 1.52. The first-order valence-electron chi connectivity index (χ1n) is 10.6. The number of nitrogens with zero attached hydrogens (tertiary/aromatic N) is 3. The van der Waals surface area contributed by atoms with Gasteiger partial charge in [-0.15, -0.1) is 0 Å². The van der Waals surface area contributed by atoms with Gasteiger partial charge in [-0.3, -0.25) is 14.7 Å². The van der Waals surface area contributed by atoms with Crippen LogP contribution < -0.4 is 4.74 Å². The molecular formula is C22H27ClN4O4. The minimum atomic E-state index is -0.481. The van der Waals surface area contributed by atoms with Gasteiger partial charge >= 0.3 is 0 Å². The number of ether oxygens (including phenoxy) is 2. The van der Waals surface area contributed by atoms with Crippen molar-refractivity contribution in [2.24, 2.45) is 5.41 Å². The molecule has 2 fully saturated rings. The van der Waals surface area contributed by atoms with E-state index in [1.165, 1.54) is 0 Å². The molecule has 1 atom stereocenters. The lowest BCUT2D eigenvalue weighted by Crippen LogP contribution is -2.52. The fourth-order valence-corrected chi connectivity index (χ4v) is 4.46. The molecule has 0 aliphatic carbocycles. The van der Waals surface area contributed by atoms with Crippen molar-refractivity contribution in [2.75, 3.05) is 46.0 Å². The first kappa shape index (κ1) is 21.6. The molecule has 8 nitrogen and oxygen atoms in total. The average molecular weight is 447 g/mol. The number of benzene rings is 1. The molecule has 31 heavy (non-hydrogen) atoms. The van der Waals surface area contributed by atoms with Crippen LogP contribution in [-0.4, -0.2) is 77.8 Å². The number of piperidine rings is 1. The highest BCUT2D eigenvalue weighted by Crippen LogP contribution is 2.36. The molecule has 2 aromatic rings. The lowest BCUT2D eigenvalue weighted by atomic mass is 9.77. The van der Waals surface area contributed by atoms with E-state index in [0.29, 0.717) is 68.9 Å². The third-order valence-corrected chi connectivity index (χ3v) is 6.15. The molecule has 0 unspecified atom stereocenters. The van der Waals surface area contributed by atoms with Crippen molar-refractivity contribution >= 4 is 23.4 Å². The Morgan fingerprint density at radius 2 is 2.03 bits per heavy atom. The molecule has 1 aromatic carbocycles. The number of morpholine rings is 1. The van der Waals surface area contributed by atoms with Gasteiger partial charge in [0.2, 0.25) is 5.91 Å². The second-order valence-corrected chi connectivity index (χ2v) is 8.65. The van der Waals surface area contributed by atoms with Crippen LogP contribution in [0.25, 0.3) is 0 Å². The van der Waals surface area contributed by atoms with Gasteiger partial charge in [0.25, 0.3) is 5.91 Å². The molecule has 0 bridgehead atoms. The summed E-state index contributed by atoms with van der Waals surface area (Å²) in [5.41, 5.74) is -0.0305. The van der Waals surface area contributed by atoms with Gasteiger partial charge in [0, 0.05) is 49.2 Å². The molecule has 2 aliphatic rings.